The van der Waals surface area contributed by atoms with Gasteiger partial charge >= 0.3 is 12.0 Å². The van der Waals surface area contributed by atoms with Crippen LogP contribution in [0.1, 0.15) is 106 Å². The molecule has 0 saturated heterocycles. The third kappa shape index (κ3) is 7.47. The van der Waals surface area contributed by atoms with Crippen LogP contribution in [-0.2, 0) is 0 Å². The largest absolute Gasteiger partial charge is 0.452 e. The van der Waals surface area contributed by atoms with E-state index in [1.807, 2.05) is 12.2 Å². The van der Waals surface area contributed by atoms with Gasteiger partial charge in [-0.3, -0.25) is 0 Å². The number of hydrogen-bond donors (Lipinski definition) is 4. The van der Waals surface area contributed by atoms with Gasteiger partial charge in [-0.25, -0.2) is 0 Å². The van der Waals surface area contributed by atoms with Crippen molar-refractivity contribution in [2.24, 2.45) is 22.7 Å². The predicted molar refractivity (Wildman–Crippen MR) is 149 cm³/mol. The molecule has 3 fully saturated rings. The van der Waals surface area contributed by atoms with Crippen molar-refractivity contribution in [3.8, 4) is 0 Å². The Labute approximate surface area is 245 Å². The molecule has 8 heteroatoms. The van der Waals surface area contributed by atoms with E-state index in [9.17, 15) is 38.0 Å². The summed E-state index contributed by atoms with van der Waals surface area (Å²) in [5.74, 6) is -4.63. The number of aliphatic hydroxyl groups excluding tert-OH is 2. The molecular formula is C32H48F4O4. The summed E-state index contributed by atoms with van der Waals surface area (Å²) in [5, 5.41) is 40.6. The van der Waals surface area contributed by atoms with Gasteiger partial charge in [-0.2, -0.15) is 17.6 Å². The van der Waals surface area contributed by atoms with Crippen molar-refractivity contribution in [1.82, 2.24) is 0 Å². The molecule has 3 aliphatic carbocycles. The van der Waals surface area contributed by atoms with Gasteiger partial charge in [-0.05, 0) is 111 Å². The summed E-state index contributed by atoms with van der Waals surface area (Å²) < 4.78 is 99.4. The standard InChI is InChI=1S/C32H48F4O4/c1-21-23(19-24(37)20-26(21)38)11-10-22-9-6-17-30(5)25(22)12-13-27(30)29(4,15-7-14-28(2,3)39)16-8-18-31(33,40)32(34,35)36/h8,10-11,18,24-27,37-40H,1,6-7,9,12-17,19-20H2,2-5H3/b18-8+,22-10+,23-11-/t24-,25?,26+,27-,29-,30+,31?/m1/s1/i2D3,3D3. The Morgan fingerprint density at radius 2 is 1.80 bits per heavy atom. The van der Waals surface area contributed by atoms with Gasteiger partial charge in [0.2, 0.25) is 0 Å². The SMILES string of the molecule is [2H]C([2H])([2H])C(O)(CCC[C@](C)(C/C=C/C(O)(F)C(F)(F)F)[C@H]1CCC2/C(=C/C=C3/C[C@@H](O)C[C@H](O)C3=C)CCC[C@@]21C)C([2H])([2H])[2H]. The lowest BCUT2D eigenvalue weighted by Gasteiger charge is -2.49. The number of allylic oxidation sites excluding steroid dienone is 4. The maximum atomic E-state index is 14.1. The van der Waals surface area contributed by atoms with Crippen LogP contribution in [0.4, 0.5) is 17.6 Å². The van der Waals surface area contributed by atoms with Gasteiger partial charge < -0.3 is 20.4 Å². The summed E-state index contributed by atoms with van der Waals surface area (Å²) in [6, 6.07) is 0. The maximum Gasteiger partial charge on any atom is 0.452 e. The van der Waals surface area contributed by atoms with Gasteiger partial charge in [0, 0.05) is 14.6 Å². The zero-order chi connectivity index (χ0) is 35.1. The molecule has 3 saturated carbocycles. The molecule has 0 aliphatic heterocycles. The van der Waals surface area contributed by atoms with Crippen LogP contribution in [0.2, 0.25) is 0 Å². The van der Waals surface area contributed by atoms with Crippen molar-refractivity contribution in [2.75, 3.05) is 0 Å². The second-order valence-corrected chi connectivity index (χ2v) is 12.8. The van der Waals surface area contributed by atoms with Gasteiger partial charge in [-0.1, -0.05) is 50.6 Å². The Kier molecular flexibility index (Phi) is 7.53. The van der Waals surface area contributed by atoms with Crippen molar-refractivity contribution in [2.45, 2.75) is 128 Å². The van der Waals surface area contributed by atoms with Gasteiger partial charge in [-0.15, -0.1) is 0 Å². The van der Waals surface area contributed by atoms with Crippen LogP contribution in [0.15, 0.2) is 47.6 Å². The third-order valence-corrected chi connectivity index (χ3v) is 9.68. The van der Waals surface area contributed by atoms with Gasteiger partial charge in [0.1, 0.15) is 0 Å². The molecule has 0 radical (unpaired) electrons. The Bertz CT molecular complexity index is 1190. The topological polar surface area (TPSA) is 80.9 Å². The summed E-state index contributed by atoms with van der Waals surface area (Å²) >= 11 is 0. The fraction of sp³-hybridized carbons (Fsp3) is 0.750. The number of aliphatic hydroxyl groups is 4. The molecule has 0 heterocycles. The smallest absolute Gasteiger partial charge is 0.393 e. The van der Waals surface area contributed by atoms with E-state index in [0.29, 0.717) is 18.4 Å². The molecule has 3 rings (SSSR count). The first kappa shape index (κ1) is 25.1. The lowest BCUT2D eigenvalue weighted by atomic mass is 9.55. The van der Waals surface area contributed by atoms with Crippen molar-refractivity contribution >= 4 is 0 Å². The molecule has 0 aromatic heterocycles. The number of alkyl halides is 4. The number of fused-ring (bicyclic) bond motifs is 1. The zero-order valence-corrected chi connectivity index (χ0v) is 23.4. The first-order valence-electron chi connectivity index (χ1n) is 17.1. The van der Waals surface area contributed by atoms with Crippen LogP contribution < -0.4 is 0 Å². The number of rotatable bonds is 9. The molecule has 0 aromatic rings. The lowest BCUT2D eigenvalue weighted by molar-refractivity contribution is -0.290. The van der Waals surface area contributed by atoms with E-state index in [1.54, 1.807) is 6.92 Å². The summed E-state index contributed by atoms with van der Waals surface area (Å²) in [6.45, 7) is 1.44. The average Bonchev–Trinajstić information content (AvgIpc) is 3.26. The predicted octanol–water partition coefficient (Wildman–Crippen LogP) is 7.24. The summed E-state index contributed by atoms with van der Waals surface area (Å²) in [7, 11) is 0. The fourth-order valence-electron chi connectivity index (χ4n) is 7.60. The van der Waals surface area contributed by atoms with Crippen LogP contribution in [-0.4, -0.2) is 50.3 Å². The van der Waals surface area contributed by atoms with Gasteiger partial charge in [0.25, 0.3) is 0 Å². The molecule has 0 aromatic carbocycles. The number of hydrogen-bond acceptors (Lipinski definition) is 4. The average molecular weight is 579 g/mol. The second kappa shape index (κ2) is 12.0. The summed E-state index contributed by atoms with van der Waals surface area (Å²) in [6.07, 6.45) is 1.55. The zero-order valence-electron chi connectivity index (χ0n) is 29.4. The fourth-order valence-corrected chi connectivity index (χ4v) is 7.60. The second-order valence-electron chi connectivity index (χ2n) is 12.8. The highest BCUT2D eigenvalue weighted by Crippen LogP contribution is 2.63. The van der Waals surface area contributed by atoms with E-state index in [1.165, 1.54) is 0 Å². The van der Waals surface area contributed by atoms with Crippen molar-refractivity contribution in [3.63, 3.8) is 0 Å². The Balaban J connectivity index is 1.95. The Morgan fingerprint density at radius 1 is 1.10 bits per heavy atom. The lowest BCUT2D eigenvalue weighted by Crippen LogP contribution is -2.42. The molecule has 0 spiro atoms. The van der Waals surface area contributed by atoms with Gasteiger partial charge in [0.15, 0.2) is 0 Å². The molecule has 228 valence electrons. The number of halogens is 4. The molecular weight excluding hydrogens is 524 g/mol. The molecule has 7 atom stereocenters. The summed E-state index contributed by atoms with van der Waals surface area (Å²) in [4.78, 5) is 0. The molecule has 0 amide bonds. The molecule has 0 bridgehead atoms. The monoisotopic (exact) mass is 578 g/mol. The van der Waals surface area contributed by atoms with E-state index in [0.717, 1.165) is 42.9 Å². The van der Waals surface area contributed by atoms with E-state index < -0.39 is 55.4 Å². The molecule has 4 N–H and O–H groups in total. The van der Waals surface area contributed by atoms with Crippen molar-refractivity contribution < 1.29 is 46.2 Å². The van der Waals surface area contributed by atoms with Crippen molar-refractivity contribution in [1.29, 1.82) is 0 Å². The van der Waals surface area contributed by atoms with E-state index >= 15 is 0 Å². The van der Waals surface area contributed by atoms with Gasteiger partial charge in [0.05, 0.1) is 17.8 Å². The highest BCUT2D eigenvalue weighted by Gasteiger charge is 2.56. The molecule has 2 unspecified atom stereocenters. The maximum absolute atomic E-state index is 14.1. The molecule has 4 nitrogen and oxygen atoms in total. The van der Waals surface area contributed by atoms with Crippen LogP contribution >= 0.6 is 0 Å². The summed E-state index contributed by atoms with van der Waals surface area (Å²) in [5.41, 5.74) is -1.77. The van der Waals surface area contributed by atoms with E-state index in [-0.39, 0.29) is 49.0 Å². The van der Waals surface area contributed by atoms with Crippen LogP contribution in [0.5, 0.6) is 0 Å². The normalized spacial score (nSPS) is 38.1. The van der Waals surface area contributed by atoms with E-state index in [2.05, 4.69) is 13.5 Å². The van der Waals surface area contributed by atoms with Crippen LogP contribution in [0.25, 0.3) is 0 Å². The minimum absolute atomic E-state index is 0.0689. The first-order chi connectivity index (χ1) is 20.8. The minimum Gasteiger partial charge on any atom is -0.393 e. The quantitative estimate of drug-likeness (QED) is 0.172. The molecule has 3 aliphatic rings. The Hall–Kier alpha value is -1.48. The minimum atomic E-state index is -5.55. The first-order valence-corrected chi connectivity index (χ1v) is 14.1. The van der Waals surface area contributed by atoms with Crippen LogP contribution in [0, 0.1) is 22.7 Å². The highest BCUT2D eigenvalue weighted by atomic mass is 19.4. The van der Waals surface area contributed by atoms with E-state index in [4.69, 9.17) is 8.22 Å². The highest BCUT2D eigenvalue weighted by molar-refractivity contribution is 5.38. The van der Waals surface area contributed by atoms with Crippen LogP contribution in [0.3, 0.4) is 0 Å². The molecule has 40 heavy (non-hydrogen) atoms. The third-order valence-electron chi connectivity index (χ3n) is 9.68. The van der Waals surface area contributed by atoms with Crippen molar-refractivity contribution in [3.05, 3.63) is 47.6 Å². The Morgan fingerprint density at radius 3 is 2.45 bits per heavy atom.